The molecule has 1 aromatic carbocycles. The Morgan fingerprint density at radius 3 is 2.76 bits per heavy atom. The fraction of sp³-hybridized carbons (Fsp3) is 0.500. The van der Waals surface area contributed by atoms with Crippen molar-refractivity contribution < 1.29 is 4.79 Å². The molecule has 2 aromatic rings. The largest absolute Gasteiger partial charge is 0.352 e. The fourth-order valence-corrected chi connectivity index (χ4v) is 3.80. The number of nitrogens with one attached hydrogen (secondary N) is 2. The molecule has 132 valence electrons. The average Bonchev–Trinajstić information content (AvgIpc) is 3.33. The SMILES string of the molecule is Cc1cc([C@@H]2CCCN([C@@H](C(=O)NC3CC3)c3ccccc3)C2)n[nH]1. The van der Waals surface area contributed by atoms with E-state index in [1.165, 1.54) is 0 Å². The van der Waals surface area contributed by atoms with E-state index in [1.807, 2.05) is 25.1 Å². The molecule has 1 aliphatic heterocycles. The van der Waals surface area contributed by atoms with Crippen LogP contribution in [0.2, 0.25) is 0 Å². The van der Waals surface area contributed by atoms with Gasteiger partial charge in [0.2, 0.25) is 5.91 Å². The van der Waals surface area contributed by atoms with Gasteiger partial charge in [-0.15, -0.1) is 0 Å². The van der Waals surface area contributed by atoms with Crippen LogP contribution in [0.3, 0.4) is 0 Å². The lowest BCUT2D eigenvalue weighted by molar-refractivity contribution is -0.127. The number of carbonyl (C=O) groups is 1. The number of amides is 1. The Kier molecular flexibility index (Phi) is 4.57. The van der Waals surface area contributed by atoms with E-state index in [0.29, 0.717) is 12.0 Å². The number of aromatic nitrogens is 2. The molecule has 4 rings (SSSR count). The number of benzene rings is 1. The molecule has 5 heteroatoms. The van der Waals surface area contributed by atoms with Crippen LogP contribution in [-0.2, 0) is 4.79 Å². The molecule has 5 nitrogen and oxygen atoms in total. The van der Waals surface area contributed by atoms with E-state index in [4.69, 9.17) is 0 Å². The van der Waals surface area contributed by atoms with Gasteiger partial charge in [0.25, 0.3) is 0 Å². The maximum atomic E-state index is 13.0. The first-order valence-corrected chi connectivity index (χ1v) is 9.32. The highest BCUT2D eigenvalue weighted by molar-refractivity contribution is 5.83. The van der Waals surface area contributed by atoms with Gasteiger partial charge in [-0.25, -0.2) is 0 Å². The summed E-state index contributed by atoms with van der Waals surface area (Å²) in [6, 6.07) is 12.5. The number of aryl methyl sites for hydroxylation is 1. The Balaban J connectivity index is 1.56. The zero-order valence-electron chi connectivity index (χ0n) is 14.7. The molecule has 2 atom stereocenters. The molecular weight excluding hydrogens is 312 g/mol. The molecule has 2 N–H and O–H groups in total. The summed E-state index contributed by atoms with van der Waals surface area (Å²) in [6.07, 6.45) is 4.45. The summed E-state index contributed by atoms with van der Waals surface area (Å²) in [4.78, 5) is 15.3. The lowest BCUT2D eigenvalue weighted by Gasteiger charge is -2.37. The molecule has 1 aliphatic carbocycles. The summed E-state index contributed by atoms with van der Waals surface area (Å²) < 4.78 is 0. The zero-order valence-corrected chi connectivity index (χ0v) is 14.7. The number of piperidine rings is 1. The van der Waals surface area contributed by atoms with Gasteiger partial charge in [-0.05, 0) is 50.8 Å². The maximum absolute atomic E-state index is 13.0. The Morgan fingerprint density at radius 2 is 2.08 bits per heavy atom. The summed E-state index contributed by atoms with van der Waals surface area (Å²) in [7, 11) is 0. The van der Waals surface area contributed by atoms with E-state index in [2.05, 4.69) is 38.6 Å². The van der Waals surface area contributed by atoms with Crippen LogP contribution >= 0.6 is 0 Å². The topological polar surface area (TPSA) is 61.0 Å². The summed E-state index contributed by atoms with van der Waals surface area (Å²) in [5, 5.41) is 10.7. The molecule has 0 spiro atoms. The van der Waals surface area contributed by atoms with E-state index in [1.54, 1.807) is 0 Å². The molecular formula is C20H26N4O. The van der Waals surface area contributed by atoms with E-state index in [-0.39, 0.29) is 11.9 Å². The van der Waals surface area contributed by atoms with Gasteiger partial charge in [-0.2, -0.15) is 5.10 Å². The van der Waals surface area contributed by atoms with Crippen LogP contribution in [0.1, 0.15) is 54.6 Å². The van der Waals surface area contributed by atoms with Crippen molar-refractivity contribution in [1.82, 2.24) is 20.4 Å². The van der Waals surface area contributed by atoms with E-state index in [9.17, 15) is 4.79 Å². The average molecular weight is 338 g/mol. The van der Waals surface area contributed by atoms with Gasteiger partial charge in [0.05, 0.1) is 5.69 Å². The fourth-order valence-electron chi connectivity index (χ4n) is 3.80. The van der Waals surface area contributed by atoms with Crippen LogP contribution in [0.15, 0.2) is 36.4 Å². The van der Waals surface area contributed by atoms with Crippen molar-refractivity contribution in [2.24, 2.45) is 0 Å². The van der Waals surface area contributed by atoms with Crippen LogP contribution in [-0.4, -0.2) is 40.1 Å². The number of hydrogen-bond donors (Lipinski definition) is 2. The minimum atomic E-state index is -0.204. The summed E-state index contributed by atoms with van der Waals surface area (Å²) in [5.74, 6) is 0.534. The molecule has 2 heterocycles. The Morgan fingerprint density at radius 1 is 1.28 bits per heavy atom. The molecule has 0 bridgehead atoms. The molecule has 25 heavy (non-hydrogen) atoms. The highest BCUT2D eigenvalue weighted by Gasteiger charge is 2.35. The smallest absolute Gasteiger partial charge is 0.242 e. The summed E-state index contributed by atoms with van der Waals surface area (Å²) >= 11 is 0. The number of aromatic amines is 1. The third-order valence-electron chi connectivity index (χ3n) is 5.25. The minimum Gasteiger partial charge on any atom is -0.352 e. The van der Waals surface area contributed by atoms with Crippen LogP contribution in [0.5, 0.6) is 0 Å². The van der Waals surface area contributed by atoms with Crippen molar-refractivity contribution in [3.63, 3.8) is 0 Å². The van der Waals surface area contributed by atoms with Gasteiger partial charge in [0, 0.05) is 24.2 Å². The number of carbonyl (C=O) groups excluding carboxylic acids is 1. The van der Waals surface area contributed by atoms with Crippen molar-refractivity contribution in [1.29, 1.82) is 0 Å². The number of hydrogen-bond acceptors (Lipinski definition) is 3. The molecule has 0 unspecified atom stereocenters. The van der Waals surface area contributed by atoms with E-state index >= 15 is 0 Å². The van der Waals surface area contributed by atoms with Crippen LogP contribution in [0.25, 0.3) is 0 Å². The molecule has 2 aliphatic rings. The van der Waals surface area contributed by atoms with Crippen LogP contribution < -0.4 is 5.32 Å². The highest BCUT2D eigenvalue weighted by atomic mass is 16.2. The van der Waals surface area contributed by atoms with E-state index in [0.717, 1.165) is 55.7 Å². The van der Waals surface area contributed by atoms with Crippen molar-refractivity contribution in [2.75, 3.05) is 13.1 Å². The van der Waals surface area contributed by atoms with Crippen molar-refractivity contribution in [2.45, 2.75) is 50.6 Å². The van der Waals surface area contributed by atoms with Gasteiger partial charge in [-0.1, -0.05) is 30.3 Å². The van der Waals surface area contributed by atoms with Crippen LogP contribution in [0, 0.1) is 6.92 Å². The predicted molar refractivity (Wildman–Crippen MR) is 97.2 cm³/mol. The molecule has 1 amide bonds. The second-order valence-corrected chi connectivity index (χ2v) is 7.41. The number of rotatable bonds is 5. The van der Waals surface area contributed by atoms with Gasteiger partial charge >= 0.3 is 0 Å². The zero-order chi connectivity index (χ0) is 17.2. The first-order chi connectivity index (χ1) is 12.2. The van der Waals surface area contributed by atoms with Gasteiger partial charge in [0.15, 0.2) is 0 Å². The first kappa shape index (κ1) is 16.3. The maximum Gasteiger partial charge on any atom is 0.242 e. The number of likely N-dealkylation sites (tertiary alicyclic amines) is 1. The Hall–Kier alpha value is -2.14. The van der Waals surface area contributed by atoms with Gasteiger partial charge in [0.1, 0.15) is 6.04 Å². The normalized spacial score (nSPS) is 22.5. The predicted octanol–water partition coefficient (Wildman–Crippen LogP) is 2.92. The summed E-state index contributed by atoms with van der Waals surface area (Å²) in [6.45, 7) is 3.87. The molecule has 2 fully saturated rings. The second kappa shape index (κ2) is 7.00. The third-order valence-corrected chi connectivity index (χ3v) is 5.25. The van der Waals surface area contributed by atoms with Crippen molar-refractivity contribution >= 4 is 5.91 Å². The lowest BCUT2D eigenvalue weighted by atomic mass is 9.92. The minimum absolute atomic E-state index is 0.146. The quantitative estimate of drug-likeness (QED) is 0.881. The van der Waals surface area contributed by atoms with Crippen molar-refractivity contribution in [3.05, 3.63) is 53.3 Å². The molecule has 0 radical (unpaired) electrons. The summed E-state index contributed by atoms with van der Waals surface area (Å²) in [5.41, 5.74) is 3.30. The Labute approximate surface area is 148 Å². The molecule has 1 saturated heterocycles. The highest BCUT2D eigenvalue weighted by Crippen LogP contribution is 2.32. The van der Waals surface area contributed by atoms with E-state index < -0.39 is 0 Å². The molecule has 1 saturated carbocycles. The third kappa shape index (κ3) is 3.76. The van der Waals surface area contributed by atoms with Gasteiger partial charge < -0.3 is 5.32 Å². The van der Waals surface area contributed by atoms with Crippen molar-refractivity contribution in [3.8, 4) is 0 Å². The Bertz CT molecular complexity index is 722. The second-order valence-electron chi connectivity index (χ2n) is 7.41. The lowest BCUT2D eigenvalue weighted by Crippen LogP contribution is -2.45. The number of nitrogens with zero attached hydrogens (tertiary/aromatic N) is 2. The first-order valence-electron chi connectivity index (χ1n) is 9.32. The monoisotopic (exact) mass is 338 g/mol. The van der Waals surface area contributed by atoms with Crippen LogP contribution in [0.4, 0.5) is 0 Å². The standard InChI is InChI=1S/C20H26N4O/c1-14-12-18(23-22-14)16-8-5-11-24(13-16)19(15-6-3-2-4-7-15)20(25)21-17-9-10-17/h2-4,6-7,12,16-17,19H,5,8-11,13H2,1H3,(H,21,25)(H,22,23)/t16-,19-/m1/s1. The molecule has 1 aromatic heterocycles. The number of H-pyrrole nitrogens is 1. The van der Waals surface area contributed by atoms with Gasteiger partial charge in [-0.3, -0.25) is 14.8 Å².